The number of carbonyl (C=O) groups is 1. The number of anilines is 2. The molecule has 4 rings (SSSR count). The van der Waals surface area contributed by atoms with Crippen LogP contribution in [0.25, 0.3) is 11.3 Å². The Morgan fingerprint density at radius 1 is 1.30 bits per heavy atom. The number of nitrogens with zero attached hydrogens (tertiary/aromatic N) is 5. The largest absolute Gasteiger partial charge is 0.368 e. The minimum Gasteiger partial charge on any atom is -0.368 e. The van der Waals surface area contributed by atoms with E-state index in [-0.39, 0.29) is 17.9 Å². The number of hydrogen-bond acceptors (Lipinski definition) is 7. The SMILES string of the molecule is Nc1nccc(C2CCCN(C(=O)Nc3nc(-c4cccnc4)cs3)C2)n1. The highest BCUT2D eigenvalue weighted by Gasteiger charge is 2.26. The highest BCUT2D eigenvalue weighted by Crippen LogP contribution is 2.27. The van der Waals surface area contributed by atoms with Gasteiger partial charge in [-0.1, -0.05) is 0 Å². The van der Waals surface area contributed by atoms with Crippen LogP contribution in [0.4, 0.5) is 15.9 Å². The summed E-state index contributed by atoms with van der Waals surface area (Å²) in [7, 11) is 0. The average molecular weight is 381 g/mol. The van der Waals surface area contributed by atoms with E-state index in [4.69, 9.17) is 5.73 Å². The van der Waals surface area contributed by atoms with E-state index in [1.54, 1.807) is 23.5 Å². The third-order valence-electron chi connectivity index (χ3n) is 4.50. The summed E-state index contributed by atoms with van der Waals surface area (Å²) in [5.74, 6) is 0.428. The summed E-state index contributed by atoms with van der Waals surface area (Å²) >= 11 is 1.40. The Bertz CT molecular complexity index is 930. The van der Waals surface area contributed by atoms with Gasteiger partial charge in [0.1, 0.15) is 0 Å². The van der Waals surface area contributed by atoms with Gasteiger partial charge in [-0.05, 0) is 31.0 Å². The lowest BCUT2D eigenvalue weighted by Gasteiger charge is -2.32. The maximum atomic E-state index is 12.7. The van der Waals surface area contributed by atoms with Crippen LogP contribution in [0.5, 0.6) is 0 Å². The highest BCUT2D eigenvalue weighted by atomic mass is 32.1. The number of likely N-dealkylation sites (tertiary alicyclic amines) is 1. The monoisotopic (exact) mass is 381 g/mol. The molecule has 0 bridgehead atoms. The van der Waals surface area contributed by atoms with Gasteiger partial charge in [0.2, 0.25) is 5.95 Å². The Labute approximate surface area is 160 Å². The Hall–Kier alpha value is -3.07. The molecule has 0 radical (unpaired) electrons. The summed E-state index contributed by atoms with van der Waals surface area (Å²) in [5.41, 5.74) is 8.30. The summed E-state index contributed by atoms with van der Waals surface area (Å²) in [4.78, 5) is 31.3. The van der Waals surface area contributed by atoms with Crippen LogP contribution in [0.15, 0.2) is 42.2 Å². The zero-order chi connectivity index (χ0) is 18.6. The zero-order valence-corrected chi connectivity index (χ0v) is 15.4. The van der Waals surface area contributed by atoms with Crippen molar-refractivity contribution in [3.05, 3.63) is 47.9 Å². The van der Waals surface area contributed by atoms with E-state index >= 15 is 0 Å². The molecule has 9 heteroatoms. The number of nitrogen functional groups attached to an aromatic ring is 1. The molecule has 1 atom stereocenters. The number of carbonyl (C=O) groups excluding carboxylic acids is 1. The molecule has 138 valence electrons. The lowest BCUT2D eigenvalue weighted by Crippen LogP contribution is -2.41. The summed E-state index contributed by atoms with van der Waals surface area (Å²) in [6.45, 7) is 1.31. The fourth-order valence-corrected chi connectivity index (χ4v) is 3.88. The number of amides is 2. The fourth-order valence-electron chi connectivity index (χ4n) is 3.17. The molecule has 3 N–H and O–H groups in total. The highest BCUT2D eigenvalue weighted by molar-refractivity contribution is 7.14. The third-order valence-corrected chi connectivity index (χ3v) is 5.26. The number of urea groups is 1. The first-order chi connectivity index (χ1) is 13.2. The molecule has 0 saturated carbocycles. The van der Waals surface area contributed by atoms with E-state index in [9.17, 15) is 4.79 Å². The first-order valence-electron chi connectivity index (χ1n) is 8.69. The Balaban J connectivity index is 1.42. The van der Waals surface area contributed by atoms with Gasteiger partial charge in [-0.25, -0.2) is 19.7 Å². The van der Waals surface area contributed by atoms with Gasteiger partial charge < -0.3 is 10.6 Å². The number of nitrogens with two attached hydrogens (primary N) is 1. The van der Waals surface area contributed by atoms with Crippen LogP contribution < -0.4 is 11.1 Å². The predicted octanol–water partition coefficient (Wildman–Crippen LogP) is 2.99. The number of pyridine rings is 1. The van der Waals surface area contributed by atoms with Gasteiger partial charge >= 0.3 is 6.03 Å². The maximum Gasteiger partial charge on any atom is 0.323 e. The lowest BCUT2D eigenvalue weighted by atomic mass is 9.95. The van der Waals surface area contributed by atoms with Crippen molar-refractivity contribution in [3.8, 4) is 11.3 Å². The van der Waals surface area contributed by atoms with Gasteiger partial charge in [0.05, 0.1) is 11.4 Å². The Kier molecular flexibility index (Phi) is 4.93. The molecule has 1 fully saturated rings. The minimum atomic E-state index is -0.145. The average Bonchev–Trinajstić information content (AvgIpc) is 3.17. The van der Waals surface area contributed by atoms with E-state index < -0.39 is 0 Å². The van der Waals surface area contributed by atoms with Crippen molar-refractivity contribution in [3.63, 3.8) is 0 Å². The van der Waals surface area contributed by atoms with Gasteiger partial charge in [-0.3, -0.25) is 10.3 Å². The standard InChI is InChI=1S/C18H19N7OS/c19-16-21-7-5-14(22-16)13-4-2-8-25(10-13)18(26)24-17-23-15(11-27-17)12-3-1-6-20-9-12/h1,3,5-7,9,11,13H,2,4,8,10H2,(H2,19,21,22)(H,23,24,26). The van der Waals surface area contributed by atoms with E-state index in [1.807, 2.05) is 23.6 Å². The maximum absolute atomic E-state index is 12.7. The molecule has 0 aromatic carbocycles. The third kappa shape index (κ3) is 4.03. The molecule has 0 aliphatic carbocycles. The summed E-state index contributed by atoms with van der Waals surface area (Å²) in [6.07, 6.45) is 7.02. The van der Waals surface area contributed by atoms with Crippen LogP contribution in [-0.4, -0.2) is 44.0 Å². The molecular formula is C18H19N7OS. The van der Waals surface area contributed by atoms with Crippen molar-refractivity contribution in [2.75, 3.05) is 24.1 Å². The van der Waals surface area contributed by atoms with Crippen LogP contribution >= 0.6 is 11.3 Å². The van der Waals surface area contributed by atoms with Crippen LogP contribution in [0, 0.1) is 0 Å². The smallest absolute Gasteiger partial charge is 0.323 e. The second-order valence-corrected chi connectivity index (χ2v) is 7.19. The molecule has 3 aromatic heterocycles. The molecule has 1 aliphatic rings. The van der Waals surface area contributed by atoms with Gasteiger partial charge in [0, 0.05) is 48.5 Å². The van der Waals surface area contributed by atoms with Gasteiger partial charge in [0.25, 0.3) is 0 Å². The summed E-state index contributed by atoms with van der Waals surface area (Å²) in [5, 5.41) is 5.39. The first-order valence-corrected chi connectivity index (χ1v) is 9.57. The van der Waals surface area contributed by atoms with Crippen LogP contribution in [0.3, 0.4) is 0 Å². The molecular weight excluding hydrogens is 362 g/mol. The quantitative estimate of drug-likeness (QED) is 0.722. The zero-order valence-electron chi connectivity index (χ0n) is 14.6. The van der Waals surface area contributed by atoms with Crippen molar-refractivity contribution in [2.45, 2.75) is 18.8 Å². The second-order valence-electron chi connectivity index (χ2n) is 6.33. The number of rotatable bonds is 3. The Morgan fingerprint density at radius 3 is 3.04 bits per heavy atom. The molecule has 1 unspecified atom stereocenters. The molecule has 27 heavy (non-hydrogen) atoms. The Morgan fingerprint density at radius 2 is 2.22 bits per heavy atom. The number of aromatic nitrogens is 4. The molecule has 3 aromatic rings. The van der Waals surface area contributed by atoms with Crippen molar-refractivity contribution in [1.82, 2.24) is 24.8 Å². The van der Waals surface area contributed by atoms with Crippen LogP contribution in [0.2, 0.25) is 0 Å². The minimum absolute atomic E-state index is 0.145. The van der Waals surface area contributed by atoms with Crippen molar-refractivity contribution in [1.29, 1.82) is 0 Å². The van der Waals surface area contributed by atoms with Crippen LogP contribution in [0.1, 0.15) is 24.5 Å². The van der Waals surface area contributed by atoms with Crippen LogP contribution in [-0.2, 0) is 0 Å². The molecule has 0 spiro atoms. The van der Waals surface area contributed by atoms with Crippen molar-refractivity contribution in [2.24, 2.45) is 0 Å². The topological polar surface area (TPSA) is 110 Å². The molecule has 2 amide bonds. The van der Waals surface area contributed by atoms with Crippen molar-refractivity contribution < 1.29 is 4.79 Å². The second kappa shape index (κ2) is 7.67. The molecule has 1 saturated heterocycles. The molecule has 4 heterocycles. The predicted molar refractivity (Wildman–Crippen MR) is 104 cm³/mol. The number of nitrogens with one attached hydrogen (secondary N) is 1. The molecule has 8 nitrogen and oxygen atoms in total. The van der Waals surface area contributed by atoms with Gasteiger partial charge in [0.15, 0.2) is 5.13 Å². The molecule has 1 aliphatic heterocycles. The first kappa shape index (κ1) is 17.3. The van der Waals surface area contributed by atoms with Gasteiger partial charge in [-0.15, -0.1) is 11.3 Å². The van der Waals surface area contributed by atoms with Gasteiger partial charge in [-0.2, -0.15) is 0 Å². The number of thiazole rings is 1. The fraction of sp³-hybridized carbons (Fsp3) is 0.278. The van der Waals surface area contributed by atoms with E-state index in [2.05, 4.69) is 25.3 Å². The lowest BCUT2D eigenvalue weighted by molar-refractivity contribution is 0.192. The van der Waals surface area contributed by atoms with E-state index in [1.165, 1.54) is 11.3 Å². The normalized spacial score (nSPS) is 16.9. The van der Waals surface area contributed by atoms with E-state index in [0.29, 0.717) is 18.2 Å². The van der Waals surface area contributed by atoms with E-state index in [0.717, 1.165) is 29.8 Å². The number of hydrogen-bond donors (Lipinski definition) is 2. The summed E-state index contributed by atoms with van der Waals surface area (Å²) < 4.78 is 0. The van der Waals surface area contributed by atoms with Crippen molar-refractivity contribution >= 4 is 28.4 Å². The number of piperidine rings is 1. The summed E-state index contributed by atoms with van der Waals surface area (Å²) in [6, 6.07) is 5.52.